The second kappa shape index (κ2) is 9.50. The summed E-state index contributed by atoms with van der Waals surface area (Å²) in [4.78, 5) is 11.7. The van der Waals surface area contributed by atoms with Crippen LogP contribution >= 0.6 is 23.2 Å². The number of hydrogen-bond acceptors (Lipinski definition) is 2. The van der Waals surface area contributed by atoms with Gasteiger partial charge in [-0.1, -0.05) is 35.3 Å². The van der Waals surface area contributed by atoms with Crippen molar-refractivity contribution in [2.75, 3.05) is 13.2 Å². The molecule has 0 spiro atoms. The molecule has 2 aromatic carbocycles. The lowest BCUT2D eigenvalue weighted by molar-refractivity contribution is -0.121. The first-order valence-corrected chi connectivity index (χ1v) is 8.39. The van der Waals surface area contributed by atoms with Gasteiger partial charge in [-0.2, -0.15) is 0 Å². The highest BCUT2D eigenvalue weighted by atomic mass is 35.5. The SMILES string of the molecule is O=C(CCCOc1ccc(Cl)cc1Cl)NCCc1ccc(F)cc1. The Morgan fingerprint density at radius 1 is 1.12 bits per heavy atom. The zero-order valence-corrected chi connectivity index (χ0v) is 14.5. The molecule has 128 valence electrons. The van der Waals surface area contributed by atoms with Gasteiger partial charge in [-0.05, 0) is 48.7 Å². The molecule has 3 nitrogen and oxygen atoms in total. The highest BCUT2D eigenvalue weighted by Gasteiger charge is 2.04. The number of carbonyl (C=O) groups is 1. The van der Waals surface area contributed by atoms with E-state index in [1.165, 1.54) is 12.1 Å². The van der Waals surface area contributed by atoms with Crippen LogP contribution in [0.3, 0.4) is 0 Å². The van der Waals surface area contributed by atoms with Crippen LogP contribution in [-0.2, 0) is 11.2 Å². The quantitative estimate of drug-likeness (QED) is 0.687. The molecule has 0 aliphatic carbocycles. The molecule has 0 aliphatic rings. The van der Waals surface area contributed by atoms with Crippen molar-refractivity contribution in [3.8, 4) is 5.75 Å². The Balaban J connectivity index is 1.60. The molecule has 0 unspecified atom stereocenters. The van der Waals surface area contributed by atoms with Crippen molar-refractivity contribution in [1.82, 2.24) is 5.32 Å². The summed E-state index contributed by atoms with van der Waals surface area (Å²) in [6.45, 7) is 0.918. The molecule has 0 bridgehead atoms. The molecule has 2 aromatic rings. The summed E-state index contributed by atoms with van der Waals surface area (Å²) in [6, 6.07) is 11.3. The van der Waals surface area contributed by atoms with E-state index < -0.39 is 0 Å². The number of hydrogen-bond donors (Lipinski definition) is 1. The topological polar surface area (TPSA) is 38.3 Å². The van der Waals surface area contributed by atoms with E-state index >= 15 is 0 Å². The molecule has 6 heteroatoms. The van der Waals surface area contributed by atoms with Crippen molar-refractivity contribution in [2.24, 2.45) is 0 Å². The van der Waals surface area contributed by atoms with Gasteiger partial charge in [0.05, 0.1) is 11.6 Å². The molecular weight excluding hydrogens is 352 g/mol. The number of rotatable bonds is 8. The highest BCUT2D eigenvalue weighted by molar-refractivity contribution is 6.35. The second-order valence-corrected chi connectivity index (χ2v) is 6.10. The van der Waals surface area contributed by atoms with Crippen LogP contribution in [0.2, 0.25) is 10.0 Å². The second-order valence-electron chi connectivity index (χ2n) is 5.25. The number of nitrogens with one attached hydrogen (secondary N) is 1. The summed E-state index contributed by atoms with van der Waals surface area (Å²) < 4.78 is 18.3. The van der Waals surface area contributed by atoms with E-state index in [4.69, 9.17) is 27.9 Å². The van der Waals surface area contributed by atoms with Crippen LogP contribution in [0.1, 0.15) is 18.4 Å². The fourth-order valence-electron chi connectivity index (χ4n) is 2.09. The van der Waals surface area contributed by atoms with E-state index in [1.807, 2.05) is 0 Å². The lowest BCUT2D eigenvalue weighted by atomic mass is 10.1. The molecule has 1 N–H and O–H groups in total. The third-order valence-electron chi connectivity index (χ3n) is 3.35. The summed E-state index contributed by atoms with van der Waals surface area (Å²) >= 11 is 11.8. The minimum Gasteiger partial charge on any atom is -0.492 e. The van der Waals surface area contributed by atoms with Gasteiger partial charge in [0.1, 0.15) is 11.6 Å². The standard InChI is InChI=1S/C18H18Cl2FNO2/c19-14-5-8-17(16(20)12-14)24-11-1-2-18(23)22-10-9-13-3-6-15(21)7-4-13/h3-8,12H,1-2,9-11H2,(H,22,23). The van der Waals surface area contributed by atoms with E-state index in [-0.39, 0.29) is 11.7 Å². The Bertz CT molecular complexity index is 677. The number of ether oxygens (including phenoxy) is 1. The van der Waals surface area contributed by atoms with Crippen molar-refractivity contribution in [2.45, 2.75) is 19.3 Å². The first-order chi connectivity index (χ1) is 11.5. The van der Waals surface area contributed by atoms with Crippen LogP contribution in [0.15, 0.2) is 42.5 Å². The van der Waals surface area contributed by atoms with Crippen LogP contribution in [0.25, 0.3) is 0 Å². The Labute approximate surface area is 150 Å². The molecule has 1 amide bonds. The molecule has 0 aliphatic heterocycles. The fourth-order valence-corrected chi connectivity index (χ4v) is 2.56. The van der Waals surface area contributed by atoms with Gasteiger partial charge in [0.15, 0.2) is 0 Å². The highest BCUT2D eigenvalue weighted by Crippen LogP contribution is 2.27. The lowest BCUT2D eigenvalue weighted by Crippen LogP contribution is -2.25. The normalized spacial score (nSPS) is 10.5. The maximum Gasteiger partial charge on any atom is 0.220 e. The Hall–Kier alpha value is -1.78. The summed E-state index contributed by atoms with van der Waals surface area (Å²) in [7, 11) is 0. The Morgan fingerprint density at radius 3 is 2.58 bits per heavy atom. The van der Waals surface area contributed by atoms with Crippen LogP contribution < -0.4 is 10.1 Å². The molecule has 0 atom stereocenters. The average molecular weight is 370 g/mol. The molecule has 0 saturated carbocycles. The van der Waals surface area contributed by atoms with Gasteiger partial charge in [-0.15, -0.1) is 0 Å². The van der Waals surface area contributed by atoms with E-state index in [0.717, 1.165) is 5.56 Å². The van der Waals surface area contributed by atoms with Gasteiger partial charge in [0, 0.05) is 18.0 Å². The largest absolute Gasteiger partial charge is 0.492 e. The number of amides is 1. The van der Waals surface area contributed by atoms with E-state index in [1.54, 1.807) is 30.3 Å². The minimum absolute atomic E-state index is 0.0390. The Kier molecular flexibility index (Phi) is 7.35. The van der Waals surface area contributed by atoms with Crippen molar-refractivity contribution in [3.63, 3.8) is 0 Å². The van der Waals surface area contributed by atoms with Crippen molar-refractivity contribution in [3.05, 3.63) is 63.9 Å². The summed E-state index contributed by atoms with van der Waals surface area (Å²) in [5.41, 5.74) is 0.984. The maximum absolute atomic E-state index is 12.8. The first-order valence-electron chi connectivity index (χ1n) is 7.63. The molecule has 0 radical (unpaired) electrons. The summed E-state index contributed by atoms with van der Waals surface area (Å²) in [5.74, 6) is 0.254. The monoisotopic (exact) mass is 369 g/mol. The first kappa shape index (κ1) is 18.6. The van der Waals surface area contributed by atoms with Gasteiger partial charge in [0.25, 0.3) is 0 Å². The van der Waals surface area contributed by atoms with Crippen LogP contribution in [0.5, 0.6) is 5.75 Å². The summed E-state index contributed by atoms with van der Waals surface area (Å²) in [5, 5.41) is 3.83. The molecular formula is C18H18Cl2FNO2. The fraction of sp³-hybridized carbons (Fsp3) is 0.278. The zero-order valence-electron chi connectivity index (χ0n) is 13.0. The molecule has 0 saturated heterocycles. The molecule has 2 rings (SSSR count). The van der Waals surface area contributed by atoms with Crippen LogP contribution in [0.4, 0.5) is 4.39 Å². The van der Waals surface area contributed by atoms with Crippen molar-refractivity contribution < 1.29 is 13.9 Å². The van der Waals surface area contributed by atoms with E-state index in [2.05, 4.69) is 5.32 Å². The van der Waals surface area contributed by atoms with Crippen LogP contribution in [-0.4, -0.2) is 19.1 Å². The molecule has 0 heterocycles. The molecule has 24 heavy (non-hydrogen) atoms. The minimum atomic E-state index is -0.261. The van der Waals surface area contributed by atoms with Crippen molar-refractivity contribution in [1.29, 1.82) is 0 Å². The van der Waals surface area contributed by atoms with Gasteiger partial charge in [-0.25, -0.2) is 4.39 Å². The third-order valence-corrected chi connectivity index (χ3v) is 3.88. The number of carbonyl (C=O) groups excluding carboxylic acids is 1. The average Bonchev–Trinajstić information content (AvgIpc) is 2.55. The van der Waals surface area contributed by atoms with Gasteiger partial charge >= 0.3 is 0 Å². The third kappa shape index (κ3) is 6.38. The Morgan fingerprint density at radius 2 is 1.88 bits per heavy atom. The van der Waals surface area contributed by atoms with Gasteiger partial charge in [-0.3, -0.25) is 4.79 Å². The van der Waals surface area contributed by atoms with E-state index in [9.17, 15) is 9.18 Å². The maximum atomic E-state index is 12.8. The summed E-state index contributed by atoms with van der Waals surface area (Å²) in [6.07, 6.45) is 1.62. The molecule has 0 aromatic heterocycles. The number of benzene rings is 2. The van der Waals surface area contributed by atoms with Crippen LogP contribution in [0, 0.1) is 5.82 Å². The smallest absolute Gasteiger partial charge is 0.220 e. The predicted molar refractivity (Wildman–Crippen MR) is 94.3 cm³/mol. The number of halogens is 3. The van der Waals surface area contributed by atoms with Gasteiger partial charge < -0.3 is 10.1 Å². The lowest BCUT2D eigenvalue weighted by Gasteiger charge is -2.08. The van der Waals surface area contributed by atoms with E-state index in [0.29, 0.717) is 48.2 Å². The van der Waals surface area contributed by atoms with Crippen molar-refractivity contribution >= 4 is 29.1 Å². The molecule has 0 fully saturated rings. The zero-order chi connectivity index (χ0) is 17.4. The predicted octanol–water partition coefficient (Wildman–Crippen LogP) is 4.65. The van der Waals surface area contributed by atoms with Gasteiger partial charge in [0.2, 0.25) is 5.91 Å².